The van der Waals surface area contributed by atoms with Crippen molar-refractivity contribution in [1.29, 1.82) is 0 Å². The number of nitrogens with two attached hydrogens (primary N) is 1. The second-order valence-electron chi connectivity index (χ2n) is 3.30. The third kappa shape index (κ3) is 2.28. The predicted molar refractivity (Wildman–Crippen MR) is 49.0 cm³/mol. The first kappa shape index (κ1) is 12.0. The molecular formula is C7H6F3N7O. The standard InChI is InChI=1S/C7H6F3N7O/c8-7(9,10)6-14-15-16-17(6)2-3-1-4(5(11)18)13-12-3/h1H,2H2,(H2,11,18)(H,12,13). The second kappa shape index (κ2) is 4.09. The Morgan fingerprint density at radius 3 is 2.78 bits per heavy atom. The van der Waals surface area contributed by atoms with Gasteiger partial charge in [0.25, 0.3) is 11.7 Å². The van der Waals surface area contributed by atoms with Gasteiger partial charge >= 0.3 is 6.18 Å². The Balaban J connectivity index is 2.24. The average molecular weight is 261 g/mol. The molecule has 18 heavy (non-hydrogen) atoms. The summed E-state index contributed by atoms with van der Waals surface area (Å²) in [6, 6.07) is 1.23. The molecule has 2 aromatic rings. The summed E-state index contributed by atoms with van der Waals surface area (Å²) in [5, 5.41) is 14.9. The molecule has 2 rings (SSSR count). The number of aromatic amines is 1. The topological polar surface area (TPSA) is 115 Å². The van der Waals surface area contributed by atoms with Crippen LogP contribution in [0.25, 0.3) is 0 Å². The van der Waals surface area contributed by atoms with E-state index >= 15 is 0 Å². The fourth-order valence-corrected chi connectivity index (χ4v) is 1.24. The van der Waals surface area contributed by atoms with Gasteiger partial charge in [0.1, 0.15) is 5.69 Å². The summed E-state index contributed by atoms with van der Waals surface area (Å²) in [6.45, 7) is -0.328. The van der Waals surface area contributed by atoms with E-state index in [4.69, 9.17) is 5.73 Å². The average Bonchev–Trinajstić information content (AvgIpc) is 2.85. The Labute approximate surface area is 97.0 Å². The van der Waals surface area contributed by atoms with Crippen molar-refractivity contribution in [3.05, 3.63) is 23.3 Å². The van der Waals surface area contributed by atoms with Crippen molar-refractivity contribution in [1.82, 2.24) is 30.4 Å². The van der Waals surface area contributed by atoms with Gasteiger partial charge in [-0.25, -0.2) is 4.68 Å². The number of nitrogens with zero attached hydrogens (tertiary/aromatic N) is 5. The molecule has 0 fully saturated rings. The lowest BCUT2D eigenvalue weighted by molar-refractivity contribution is -0.147. The van der Waals surface area contributed by atoms with Crippen molar-refractivity contribution in [3.8, 4) is 0 Å². The number of primary amides is 1. The maximum Gasteiger partial charge on any atom is 0.453 e. The van der Waals surface area contributed by atoms with Crippen LogP contribution in [0.4, 0.5) is 13.2 Å². The molecule has 0 aliphatic heterocycles. The maximum atomic E-state index is 12.5. The summed E-state index contributed by atoms with van der Waals surface area (Å²) in [5.74, 6) is -2.01. The maximum absolute atomic E-state index is 12.5. The van der Waals surface area contributed by atoms with Gasteiger partial charge in [-0.1, -0.05) is 0 Å². The summed E-state index contributed by atoms with van der Waals surface area (Å²) < 4.78 is 37.9. The fourth-order valence-electron chi connectivity index (χ4n) is 1.24. The molecule has 0 saturated carbocycles. The van der Waals surface area contributed by atoms with Crippen molar-refractivity contribution in [2.45, 2.75) is 12.7 Å². The first-order valence-corrected chi connectivity index (χ1v) is 4.55. The quantitative estimate of drug-likeness (QED) is 0.777. The fraction of sp³-hybridized carbons (Fsp3) is 0.286. The number of H-pyrrole nitrogens is 1. The molecule has 3 N–H and O–H groups in total. The molecule has 8 nitrogen and oxygen atoms in total. The van der Waals surface area contributed by atoms with Gasteiger partial charge in [0.2, 0.25) is 0 Å². The zero-order chi connectivity index (χ0) is 13.3. The van der Waals surface area contributed by atoms with E-state index in [-0.39, 0.29) is 17.9 Å². The Bertz CT molecular complexity index is 572. The highest BCUT2D eigenvalue weighted by molar-refractivity contribution is 5.90. The number of amides is 1. The first-order chi connectivity index (χ1) is 8.38. The lowest BCUT2D eigenvalue weighted by Gasteiger charge is -2.05. The van der Waals surface area contributed by atoms with Crippen molar-refractivity contribution in [2.75, 3.05) is 0 Å². The number of rotatable bonds is 3. The molecule has 0 aliphatic rings. The van der Waals surface area contributed by atoms with Crippen LogP contribution in [0.15, 0.2) is 6.07 Å². The van der Waals surface area contributed by atoms with E-state index in [1.165, 1.54) is 6.07 Å². The monoisotopic (exact) mass is 261 g/mol. The Hall–Kier alpha value is -2.46. The number of hydrogen-bond acceptors (Lipinski definition) is 5. The van der Waals surface area contributed by atoms with E-state index in [0.29, 0.717) is 4.68 Å². The predicted octanol–water partition coefficient (Wildman–Crippen LogP) is -0.438. The SMILES string of the molecule is NC(=O)c1cc(Cn2nnnc2C(F)(F)F)n[nH]1. The van der Waals surface area contributed by atoms with Crippen LogP contribution in [-0.4, -0.2) is 36.3 Å². The summed E-state index contributed by atoms with van der Waals surface area (Å²) in [7, 11) is 0. The van der Waals surface area contributed by atoms with Crippen LogP contribution < -0.4 is 5.73 Å². The third-order valence-electron chi connectivity index (χ3n) is 1.99. The normalized spacial score (nSPS) is 11.7. The highest BCUT2D eigenvalue weighted by Crippen LogP contribution is 2.26. The van der Waals surface area contributed by atoms with Crippen LogP contribution in [0.5, 0.6) is 0 Å². The summed E-state index contributed by atoms with van der Waals surface area (Å²) >= 11 is 0. The van der Waals surface area contributed by atoms with Gasteiger partial charge in [-0.05, 0) is 16.5 Å². The van der Waals surface area contributed by atoms with Crippen LogP contribution in [0.1, 0.15) is 22.0 Å². The number of tetrazole rings is 1. The highest BCUT2D eigenvalue weighted by atomic mass is 19.4. The number of hydrogen-bond donors (Lipinski definition) is 2. The molecule has 0 unspecified atom stereocenters. The van der Waals surface area contributed by atoms with Gasteiger partial charge in [-0.3, -0.25) is 9.89 Å². The highest BCUT2D eigenvalue weighted by Gasteiger charge is 2.38. The van der Waals surface area contributed by atoms with E-state index in [1.54, 1.807) is 0 Å². The molecule has 0 bridgehead atoms. The van der Waals surface area contributed by atoms with Crippen LogP contribution >= 0.6 is 0 Å². The molecule has 2 heterocycles. The van der Waals surface area contributed by atoms with Gasteiger partial charge in [-0.15, -0.1) is 5.10 Å². The molecule has 11 heteroatoms. The minimum atomic E-state index is -4.66. The summed E-state index contributed by atoms with van der Waals surface area (Å²) in [6.07, 6.45) is -4.66. The lowest BCUT2D eigenvalue weighted by atomic mass is 10.3. The molecule has 1 amide bonds. The Kier molecular flexibility index (Phi) is 2.73. The molecule has 0 spiro atoms. The largest absolute Gasteiger partial charge is 0.453 e. The number of halogens is 3. The molecule has 0 aliphatic carbocycles. The van der Waals surface area contributed by atoms with Crippen molar-refractivity contribution >= 4 is 5.91 Å². The van der Waals surface area contributed by atoms with E-state index in [2.05, 4.69) is 25.7 Å². The first-order valence-electron chi connectivity index (χ1n) is 4.55. The van der Waals surface area contributed by atoms with Crippen molar-refractivity contribution in [2.24, 2.45) is 5.73 Å². The Morgan fingerprint density at radius 2 is 2.22 bits per heavy atom. The smallest absolute Gasteiger partial charge is 0.364 e. The molecule has 0 saturated heterocycles. The van der Waals surface area contributed by atoms with Gasteiger partial charge in [0.05, 0.1) is 12.2 Å². The third-order valence-corrected chi connectivity index (χ3v) is 1.99. The zero-order valence-electron chi connectivity index (χ0n) is 8.64. The van der Waals surface area contributed by atoms with Crippen LogP contribution in [-0.2, 0) is 12.7 Å². The molecule has 2 aromatic heterocycles. The van der Waals surface area contributed by atoms with Crippen LogP contribution in [0.2, 0.25) is 0 Å². The lowest BCUT2D eigenvalue weighted by Crippen LogP contribution is -2.16. The number of carbonyl (C=O) groups is 1. The van der Waals surface area contributed by atoms with Gasteiger partial charge < -0.3 is 5.73 Å². The number of aromatic nitrogens is 6. The summed E-state index contributed by atoms with van der Waals surface area (Å²) in [4.78, 5) is 10.8. The van der Waals surface area contributed by atoms with E-state index in [0.717, 1.165) is 0 Å². The van der Waals surface area contributed by atoms with E-state index in [1.807, 2.05) is 0 Å². The van der Waals surface area contributed by atoms with Crippen LogP contribution in [0, 0.1) is 0 Å². The molecule has 0 aromatic carbocycles. The van der Waals surface area contributed by atoms with Gasteiger partial charge in [0.15, 0.2) is 0 Å². The van der Waals surface area contributed by atoms with E-state index < -0.39 is 17.9 Å². The van der Waals surface area contributed by atoms with Crippen molar-refractivity contribution in [3.63, 3.8) is 0 Å². The minimum absolute atomic E-state index is 0.00775. The minimum Gasteiger partial charge on any atom is -0.364 e. The molecule has 0 atom stereocenters. The zero-order valence-corrected chi connectivity index (χ0v) is 8.64. The number of nitrogens with one attached hydrogen (secondary N) is 1. The molecule has 0 radical (unpaired) electrons. The molecule has 96 valence electrons. The van der Waals surface area contributed by atoms with E-state index in [9.17, 15) is 18.0 Å². The second-order valence-corrected chi connectivity index (χ2v) is 3.30. The van der Waals surface area contributed by atoms with Crippen molar-refractivity contribution < 1.29 is 18.0 Å². The number of alkyl halides is 3. The molecular weight excluding hydrogens is 255 g/mol. The Morgan fingerprint density at radius 1 is 1.50 bits per heavy atom. The number of carbonyl (C=O) groups excluding carboxylic acids is 1. The summed E-state index contributed by atoms with van der Waals surface area (Å²) in [5.41, 5.74) is 5.11. The van der Waals surface area contributed by atoms with Gasteiger partial charge in [-0.2, -0.15) is 18.3 Å². The van der Waals surface area contributed by atoms with Crippen LogP contribution in [0.3, 0.4) is 0 Å². The van der Waals surface area contributed by atoms with Gasteiger partial charge in [0, 0.05) is 0 Å².